The van der Waals surface area contributed by atoms with Gasteiger partial charge in [0.2, 0.25) is 0 Å². The van der Waals surface area contributed by atoms with Gasteiger partial charge in [-0.05, 0) is 80.8 Å². The number of hydrogen-bond donors (Lipinski definition) is 1. The van der Waals surface area contributed by atoms with Crippen LogP contribution in [0.1, 0.15) is 53.5 Å². The van der Waals surface area contributed by atoms with E-state index in [0.29, 0.717) is 12.1 Å². The Labute approximate surface area is 155 Å². The molecule has 2 aromatic rings. The first-order valence-electron chi connectivity index (χ1n) is 9.82. The highest BCUT2D eigenvalue weighted by Gasteiger charge is 2.21. The Balaban J connectivity index is 1.48. The van der Waals surface area contributed by atoms with E-state index in [4.69, 9.17) is 4.74 Å². The van der Waals surface area contributed by atoms with Gasteiger partial charge in [0.1, 0.15) is 0 Å². The molecule has 1 aliphatic carbocycles. The number of ether oxygens (including phenoxy) is 1. The summed E-state index contributed by atoms with van der Waals surface area (Å²) in [5, 5.41) is 2.99. The normalized spacial score (nSPS) is 22.2. The summed E-state index contributed by atoms with van der Waals surface area (Å²) < 4.78 is 7.92. The first-order chi connectivity index (χ1) is 12.6. The summed E-state index contributed by atoms with van der Waals surface area (Å²) in [7, 11) is 0. The van der Waals surface area contributed by atoms with Crippen molar-refractivity contribution in [3.8, 4) is 5.69 Å². The predicted molar refractivity (Wildman–Crippen MR) is 103 cm³/mol. The molecule has 0 spiro atoms. The molecule has 26 heavy (non-hydrogen) atoms. The van der Waals surface area contributed by atoms with Crippen molar-refractivity contribution in [3.63, 3.8) is 0 Å². The lowest BCUT2D eigenvalue weighted by atomic mass is 9.89. The van der Waals surface area contributed by atoms with E-state index in [0.717, 1.165) is 37.5 Å². The molecule has 2 unspecified atom stereocenters. The molecule has 1 saturated heterocycles. The first-order valence-corrected chi connectivity index (χ1v) is 9.82. The number of amides is 1. The Hall–Kier alpha value is -2.07. The van der Waals surface area contributed by atoms with E-state index >= 15 is 0 Å². The standard InChI is InChI=1S/C22H28N2O2/c1-15-5-10-21-18(12-15)13-16(2)24(21)19-8-6-17(7-9-19)22(25)23-14-20-4-3-11-26-20/h6-9,13,15,20H,3-5,10-12,14H2,1-2H3,(H,23,25). The Bertz CT molecular complexity index is 785. The number of rotatable bonds is 4. The van der Waals surface area contributed by atoms with E-state index < -0.39 is 0 Å². The minimum atomic E-state index is -0.0212. The maximum absolute atomic E-state index is 12.4. The fraction of sp³-hybridized carbons (Fsp3) is 0.500. The zero-order valence-electron chi connectivity index (χ0n) is 15.8. The van der Waals surface area contributed by atoms with E-state index in [-0.39, 0.29) is 12.0 Å². The van der Waals surface area contributed by atoms with Crippen molar-refractivity contribution in [3.05, 3.63) is 52.8 Å². The lowest BCUT2D eigenvalue weighted by Gasteiger charge is -2.21. The smallest absolute Gasteiger partial charge is 0.251 e. The summed E-state index contributed by atoms with van der Waals surface area (Å²) in [6.07, 6.45) is 5.86. The highest BCUT2D eigenvalue weighted by molar-refractivity contribution is 5.94. The van der Waals surface area contributed by atoms with Crippen LogP contribution < -0.4 is 5.32 Å². The largest absolute Gasteiger partial charge is 0.376 e. The quantitative estimate of drug-likeness (QED) is 0.909. The molecule has 4 rings (SSSR count). The highest BCUT2D eigenvalue weighted by atomic mass is 16.5. The van der Waals surface area contributed by atoms with E-state index in [1.165, 1.54) is 29.8 Å². The fourth-order valence-electron chi connectivity index (χ4n) is 4.30. The number of nitrogens with zero attached hydrogens (tertiary/aromatic N) is 1. The first kappa shape index (κ1) is 17.3. The van der Waals surface area contributed by atoms with Crippen LogP contribution >= 0.6 is 0 Å². The Morgan fingerprint density at radius 3 is 2.81 bits per heavy atom. The minimum absolute atomic E-state index is 0.0212. The maximum Gasteiger partial charge on any atom is 0.251 e. The molecular formula is C22H28N2O2. The second-order valence-electron chi connectivity index (χ2n) is 7.83. The maximum atomic E-state index is 12.4. The average Bonchev–Trinajstić information content (AvgIpc) is 3.26. The van der Waals surface area contributed by atoms with Crippen molar-refractivity contribution in [2.24, 2.45) is 5.92 Å². The summed E-state index contributed by atoms with van der Waals surface area (Å²) in [5.41, 5.74) is 6.06. The second-order valence-corrected chi connectivity index (χ2v) is 7.83. The van der Waals surface area contributed by atoms with E-state index in [1.807, 2.05) is 12.1 Å². The Morgan fingerprint density at radius 2 is 2.08 bits per heavy atom. The molecule has 4 heteroatoms. The van der Waals surface area contributed by atoms with Crippen LogP contribution in [0.5, 0.6) is 0 Å². The topological polar surface area (TPSA) is 43.3 Å². The number of hydrogen-bond acceptors (Lipinski definition) is 2. The van der Waals surface area contributed by atoms with Crippen LogP contribution in [0.15, 0.2) is 30.3 Å². The zero-order chi connectivity index (χ0) is 18.1. The van der Waals surface area contributed by atoms with Gasteiger partial charge in [0, 0.05) is 35.8 Å². The fourth-order valence-corrected chi connectivity index (χ4v) is 4.30. The molecule has 4 nitrogen and oxygen atoms in total. The number of carbonyl (C=O) groups excluding carboxylic acids is 1. The molecule has 1 aromatic heterocycles. The van der Waals surface area contributed by atoms with Gasteiger partial charge in [-0.2, -0.15) is 0 Å². The van der Waals surface area contributed by atoms with Gasteiger partial charge in [0.05, 0.1) is 6.10 Å². The lowest BCUT2D eigenvalue weighted by molar-refractivity contribution is 0.0858. The van der Waals surface area contributed by atoms with Crippen molar-refractivity contribution in [2.75, 3.05) is 13.2 Å². The predicted octanol–water partition coefficient (Wildman–Crippen LogP) is 3.82. The molecule has 1 aliphatic heterocycles. The Morgan fingerprint density at radius 1 is 1.27 bits per heavy atom. The average molecular weight is 352 g/mol. The van der Waals surface area contributed by atoms with Crippen LogP contribution in [-0.4, -0.2) is 29.7 Å². The van der Waals surface area contributed by atoms with Crippen LogP contribution in [0, 0.1) is 12.8 Å². The summed E-state index contributed by atoms with van der Waals surface area (Å²) in [4.78, 5) is 12.4. The summed E-state index contributed by atoms with van der Waals surface area (Å²) >= 11 is 0. The molecule has 138 valence electrons. The van der Waals surface area contributed by atoms with Crippen molar-refractivity contribution < 1.29 is 9.53 Å². The van der Waals surface area contributed by atoms with Crippen LogP contribution in [0.3, 0.4) is 0 Å². The molecule has 0 bridgehead atoms. The summed E-state index contributed by atoms with van der Waals surface area (Å²) in [6.45, 7) is 5.92. The van der Waals surface area contributed by atoms with Crippen LogP contribution in [-0.2, 0) is 17.6 Å². The van der Waals surface area contributed by atoms with Gasteiger partial charge in [-0.25, -0.2) is 0 Å². The molecule has 1 fully saturated rings. The molecule has 1 N–H and O–H groups in total. The third-order valence-corrected chi connectivity index (χ3v) is 5.72. The van der Waals surface area contributed by atoms with Crippen molar-refractivity contribution in [1.29, 1.82) is 0 Å². The molecule has 0 saturated carbocycles. The van der Waals surface area contributed by atoms with Gasteiger partial charge < -0.3 is 14.6 Å². The zero-order valence-corrected chi connectivity index (χ0v) is 15.8. The lowest BCUT2D eigenvalue weighted by Crippen LogP contribution is -2.31. The van der Waals surface area contributed by atoms with Crippen molar-refractivity contribution in [2.45, 2.75) is 52.1 Å². The number of aryl methyl sites for hydroxylation is 1. The second kappa shape index (κ2) is 7.28. The molecule has 2 aliphatic rings. The molecule has 1 amide bonds. The van der Waals surface area contributed by atoms with Gasteiger partial charge in [-0.1, -0.05) is 6.92 Å². The van der Waals surface area contributed by atoms with E-state index in [9.17, 15) is 4.79 Å². The minimum Gasteiger partial charge on any atom is -0.376 e. The third kappa shape index (κ3) is 3.43. The van der Waals surface area contributed by atoms with Gasteiger partial charge in [-0.3, -0.25) is 4.79 Å². The van der Waals surface area contributed by atoms with Crippen LogP contribution in [0.2, 0.25) is 0 Å². The number of carbonyl (C=O) groups is 1. The van der Waals surface area contributed by atoms with Gasteiger partial charge >= 0.3 is 0 Å². The third-order valence-electron chi connectivity index (χ3n) is 5.72. The van der Waals surface area contributed by atoms with Crippen LogP contribution in [0.25, 0.3) is 5.69 Å². The van der Waals surface area contributed by atoms with E-state index in [2.05, 4.69) is 41.9 Å². The highest BCUT2D eigenvalue weighted by Crippen LogP contribution is 2.30. The Kier molecular flexibility index (Phi) is 4.86. The number of fused-ring (bicyclic) bond motifs is 1. The van der Waals surface area contributed by atoms with Crippen LogP contribution in [0.4, 0.5) is 0 Å². The molecule has 2 atom stereocenters. The van der Waals surface area contributed by atoms with Gasteiger partial charge in [0.25, 0.3) is 5.91 Å². The molecule has 2 heterocycles. The SMILES string of the molecule is Cc1cc2c(n1-c1ccc(C(=O)NCC3CCCO3)cc1)CCC(C)C2. The number of aromatic nitrogens is 1. The molecule has 1 aromatic carbocycles. The molecule has 0 radical (unpaired) electrons. The van der Waals surface area contributed by atoms with Gasteiger partial charge in [-0.15, -0.1) is 0 Å². The van der Waals surface area contributed by atoms with E-state index in [1.54, 1.807) is 0 Å². The van der Waals surface area contributed by atoms with Crippen molar-refractivity contribution in [1.82, 2.24) is 9.88 Å². The number of nitrogens with one attached hydrogen (secondary N) is 1. The molecular weight excluding hydrogens is 324 g/mol. The number of benzene rings is 1. The summed E-state index contributed by atoms with van der Waals surface area (Å²) in [5.74, 6) is 0.750. The monoisotopic (exact) mass is 352 g/mol. The summed E-state index contributed by atoms with van der Waals surface area (Å²) in [6, 6.07) is 10.3. The van der Waals surface area contributed by atoms with Gasteiger partial charge in [0.15, 0.2) is 0 Å². The van der Waals surface area contributed by atoms with Crippen molar-refractivity contribution >= 4 is 5.91 Å².